The summed E-state index contributed by atoms with van der Waals surface area (Å²) in [5.74, 6) is 1.11. The van der Waals surface area contributed by atoms with E-state index < -0.39 is 0 Å². The lowest BCUT2D eigenvalue weighted by Gasteiger charge is -2.27. The van der Waals surface area contributed by atoms with Crippen molar-refractivity contribution in [3.8, 4) is 0 Å². The molecule has 0 saturated heterocycles. The number of rotatable bonds is 5. The summed E-state index contributed by atoms with van der Waals surface area (Å²) in [7, 11) is 0.797. The summed E-state index contributed by atoms with van der Waals surface area (Å²) in [6.07, 6.45) is 1.05. The normalized spacial score (nSPS) is 14.0. The van der Waals surface area contributed by atoms with Crippen molar-refractivity contribution in [1.29, 1.82) is 0 Å². The SMILES string of the molecule is CC(CC(C)(C)O[SiH3])c1ccc(CCl)cc1. The van der Waals surface area contributed by atoms with Gasteiger partial charge in [-0.1, -0.05) is 31.2 Å². The van der Waals surface area contributed by atoms with Crippen molar-refractivity contribution in [3.63, 3.8) is 0 Å². The summed E-state index contributed by atoms with van der Waals surface area (Å²) in [5.41, 5.74) is 2.54. The highest BCUT2D eigenvalue weighted by Gasteiger charge is 2.20. The van der Waals surface area contributed by atoms with Crippen LogP contribution in [0.4, 0.5) is 0 Å². The quantitative estimate of drug-likeness (QED) is 0.581. The molecule has 1 unspecified atom stereocenters. The molecule has 1 atom stereocenters. The molecular formula is C13H21ClOSi. The summed E-state index contributed by atoms with van der Waals surface area (Å²) < 4.78 is 5.59. The zero-order valence-corrected chi connectivity index (χ0v) is 13.3. The van der Waals surface area contributed by atoms with E-state index in [4.69, 9.17) is 16.0 Å². The van der Waals surface area contributed by atoms with E-state index in [0.717, 1.165) is 16.9 Å². The lowest BCUT2D eigenvalue weighted by Crippen LogP contribution is -2.25. The van der Waals surface area contributed by atoms with Crippen LogP contribution >= 0.6 is 11.6 Å². The Morgan fingerprint density at radius 3 is 2.31 bits per heavy atom. The van der Waals surface area contributed by atoms with Gasteiger partial charge in [-0.2, -0.15) is 0 Å². The maximum Gasteiger partial charge on any atom is 0.146 e. The second-order valence-electron chi connectivity index (χ2n) is 4.94. The fraction of sp³-hybridized carbons (Fsp3) is 0.538. The lowest BCUT2D eigenvalue weighted by molar-refractivity contribution is 0.105. The molecular weight excluding hydrogens is 236 g/mol. The van der Waals surface area contributed by atoms with Crippen molar-refractivity contribution in [1.82, 2.24) is 0 Å². The fourth-order valence-corrected chi connectivity index (χ4v) is 2.22. The molecule has 90 valence electrons. The molecule has 0 radical (unpaired) electrons. The lowest BCUT2D eigenvalue weighted by atomic mass is 9.89. The number of alkyl halides is 1. The largest absolute Gasteiger partial charge is 0.423 e. The van der Waals surface area contributed by atoms with Gasteiger partial charge in [-0.15, -0.1) is 11.6 Å². The van der Waals surface area contributed by atoms with Gasteiger partial charge in [0.2, 0.25) is 0 Å². The van der Waals surface area contributed by atoms with Crippen LogP contribution in [0.15, 0.2) is 24.3 Å². The first kappa shape index (κ1) is 13.8. The van der Waals surface area contributed by atoms with Crippen molar-refractivity contribution < 1.29 is 4.43 Å². The number of hydrogen-bond donors (Lipinski definition) is 0. The third-order valence-corrected chi connectivity index (χ3v) is 4.47. The van der Waals surface area contributed by atoms with E-state index in [2.05, 4.69) is 45.0 Å². The number of hydrogen-bond acceptors (Lipinski definition) is 1. The van der Waals surface area contributed by atoms with Gasteiger partial charge in [0.05, 0.1) is 0 Å². The molecule has 0 amide bonds. The highest BCUT2D eigenvalue weighted by molar-refractivity contribution is 6.17. The van der Waals surface area contributed by atoms with Gasteiger partial charge in [0.1, 0.15) is 10.5 Å². The first-order chi connectivity index (χ1) is 7.48. The summed E-state index contributed by atoms with van der Waals surface area (Å²) in [6, 6.07) is 8.55. The molecule has 1 aromatic rings. The molecule has 0 heterocycles. The van der Waals surface area contributed by atoms with Gasteiger partial charge in [-0.05, 0) is 37.3 Å². The maximum absolute atomic E-state index is 5.77. The molecule has 0 N–H and O–H groups in total. The van der Waals surface area contributed by atoms with Crippen LogP contribution in [-0.4, -0.2) is 16.1 Å². The molecule has 1 rings (SSSR count). The van der Waals surface area contributed by atoms with Gasteiger partial charge < -0.3 is 4.43 Å². The van der Waals surface area contributed by atoms with Crippen LogP contribution < -0.4 is 0 Å². The summed E-state index contributed by atoms with van der Waals surface area (Å²) >= 11 is 5.77. The highest BCUT2D eigenvalue weighted by Crippen LogP contribution is 2.27. The van der Waals surface area contributed by atoms with E-state index >= 15 is 0 Å². The zero-order chi connectivity index (χ0) is 12.2. The molecule has 1 aromatic carbocycles. The van der Waals surface area contributed by atoms with Gasteiger partial charge >= 0.3 is 0 Å². The maximum atomic E-state index is 5.77. The van der Waals surface area contributed by atoms with E-state index in [1.807, 2.05) is 0 Å². The summed E-state index contributed by atoms with van der Waals surface area (Å²) in [4.78, 5) is 0. The molecule has 16 heavy (non-hydrogen) atoms. The summed E-state index contributed by atoms with van der Waals surface area (Å²) in [6.45, 7) is 6.56. The minimum atomic E-state index is -0.00318. The predicted octanol–water partition coefficient (Wildman–Crippen LogP) is 2.99. The third-order valence-electron chi connectivity index (χ3n) is 3.05. The smallest absolute Gasteiger partial charge is 0.146 e. The molecule has 3 heteroatoms. The van der Waals surface area contributed by atoms with Crippen LogP contribution in [0.3, 0.4) is 0 Å². The van der Waals surface area contributed by atoms with Crippen LogP contribution in [0, 0.1) is 0 Å². The summed E-state index contributed by atoms with van der Waals surface area (Å²) in [5, 5.41) is 0. The van der Waals surface area contributed by atoms with E-state index in [1.54, 1.807) is 0 Å². The molecule has 0 saturated carbocycles. The Kier molecular flexibility index (Phi) is 5.03. The van der Waals surface area contributed by atoms with Gasteiger partial charge in [-0.25, -0.2) is 0 Å². The van der Waals surface area contributed by atoms with Gasteiger partial charge in [0, 0.05) is 11.5 Å². The topological polar surface area (TPSA) is 9.23 Å². The van der Waals surface area contributed by atoms with Crippen molar-refractivity contribution >= 4 is 22.1 Å². The van der Waals surface area contributed by atoms with Crippen LogP contribution in [0.25, 0.3) is 0 Å². The third kappa shape index (κ3) is 3.93. The minimum Gasteiger partial charge on any atom is -0.423 e. The van der Waals surface area contributed by atoms with Gasteiger partial charge in [0.15, 0.2) is 0 Å². The van der Waals surface area contributed by atoms with Crippen molar-refractivity contribution in [2.45, 2.75) is 44.6 Å². The Morgan fingerprint density at radius 1 is 1.31 bits per heavy atom. The van der Waals surface area contributed by atoms with E-state index in [-0.39, 0.29) is 5.60 Å². The zero-order valence-electron chi connectivity index (χ0n) is 10.6. The average molecular weight is 257 g/mol. The van der Waals surface area contributed by atoms with E-state index in [9.17, 15) is 0 Å². The Morgan fingerprint density at radius 2 is 1.88 bits per heavy atom. The Labute approximate surface area is 107 Å². The fourth-order valence-electron chi connectivity index (χ4n) is 1.87. The molecule has 0 aromatic heterocycles. The standard InChI is InChI=1S/C13H21ClOSi/c1-10(8-13(2,3)15-16)12-6-4-11(9-14)5-7-12/h4-7,10H,8-9H2,1-3,16H3. The monoisotopic (exact) mass is 256 g/mol. The molecule has 0 bridgehead atoms. The molecule has 0 fully saturated rings. The average Bonchev–Trinajstić information content (AvgIpc) is 2.28. The molecule has 0 aliphatic carbocycles. The first-order valence-corrected chi connectivity index (χ1v) is 7.03. The second kappa shape index (κ2) is 5.85. The molecule has 1 nitrogen and oxygen atoms in total. The van der Waals surface area contributed by atoms with Gasteiger partial charge in [-0.3, -0.25) is 0 Å². The number of benzene rings is 1. The van der Waals surface area contributed by atoms with Crippen molar-refractivity contribution in [3.05, 3.63) is 35.4 Å². The predicted molar refractivity (Wildman–Crippen MR) is 74.1 cm³/mol. The van der Waals surface area contributed by atoms with Crippen molar-refractivity contribution in [2.75, 3.05) is 0 Å². The Bertz CT molecular complexity index is 321. The number of halogens is 1. The van der Waals surface area contributed by atoms with Crippen LogP contribution in [0.1, 0.15) is 44.2 Å². The minimum absolute atomic E-state index is 0.00318. The van der Waals surface area contributed by atoms with E-state index in [1.165, 1.54) is 11.1 Å². The van der Waals surface area contributed by atoms with E-state index in [0.29, 0.717) is 11.8 Å². The van der Waals surface area contributed by atoms with Crippen LogP contribution in [-0.2, 0) is 10.3 Å². The highest BCUT2D eigenvalue weighted by atomic mass is 35.5. The van der Waals surface area contributed by atoms with Crippen LogP contribution in [0.2, 0.25) is 0 Å². The molecule has 0 aliphatic heterocycles. The first-order valence-electron chi connectivity index (χ1n) is 5.68. The Hall–Kier alpha value is -0.313. The molecule has 0 aliphatic rings. The van der Waals surface area contributed by atoms with Crippen molar-refractivity contribution in [2.24, 2.45) is 0 Å². The van der Waals surface area contributed by atoms with Gasteiger partial charge in [0.25, 0.3) is 0 Å². The van der Waals surface area contributed by atoms with Crippen LogP contribution in [0.5, 0.6) is 0 Å². The molecule has 0 spiro atoms. The second-order valence-corrected chi connectivity index (χ2v) is 5.62. The Balaban J connectivity index is 2.69.